The molecule has 0 spiro atoms. The zero-order valence-electron chi connectivity index (χ0n) is 42.8. The fourth-order valence-corrected chi connectivity index (χ4v) is 7.71. The summed E-state index contributed by atoms with van der Waals surface area (Å²) in [5, 5.41) is 62.2. The Labute approximate surface area is 444 Å². The van der Waals surface area contributed by atoms with Crippen LogP contribution in [0.15, 0.2) is 33.9 Å². The van der Waals surface area contributed by atoms with E-state index >= 15 is 0 Å². The van der Waals surface area contributed by atoms with E-state index in [0.29, 0.717) is 5.06 Å². The van der Waals surface area contributed by atoms with E-state index in [1.807, 2.05) is 0 Å². The smallest absolute Gasteiger partial charge is 0.333 e. The van der Waals surface area contributed by atoms with Gasteiger partial charge in [0.25, 0.3) is 46.6 Å². The standard InChI is InChI=1S/C47H60N12O19/c1-53(74)37(63)26-39(65)55-22-5-6-23-56(40(66)27-38(64)54(2)75)25-9-21-50-43(69)31-14-16-33(58(77)47(31)73)45(71)52-29(28-51-44(70)32-15-13-30(46(72)57(32)76)42(68)49-20-8-24-55)10-3-4-19-48-34(60)11-7-12-41(67)78-59-35(61)17-18-36(59)62/h13-16,29H,3-12,17-28H2,1-2H3,(H,48,60)(H,49,68)(H,50,69)(H,51,70)(H,52,71)/q-4/t29-/m0/s1. The van der Waals surface area contributed by atoms with Gasteiger partial charge < -0.3 is 81.6 Å². The number of rotatable bonds is 14. The zero-order chi connectivity index (χ0) is 57.6. The van der Waals surface area contributed by atoms with Gasteiger partial charge in [0.15, 0.2) is 0 Å². The molecule has 1 atom stereocenters. The number of hydrogen-bond acceptors (Lipinski definition) is 19. The van der Waals surface area contributed by atoms with Gasteiger partial charge in [-0.3, -0.25) is 62.3 Å². The topological polar surface area (TPSA) is 427 Å². The highest BCUT2D eigenvalue weighted by atomic mass is 16.7. The van der Waals surface area contributed by atoms with Crippen molar-refractivity contribution in [2.75, 3.05) is 66.5 Å². The van der Waals surface area contributed by atoms with E-state index in [2.05, 4.69) is 26.6 Å². The van der Waals surface area contributed by atoms with Gasteiger partial charge in [0, 0.05) is 84.1 Å². The van der Waals surface area contributed by atoms with E-state index in [0.717, 1.165) is 38.4 Å². The summed E-state index contributed by atoms with van der Waals surface area (Å²) >= 11 is 0. The first kappa shape index (κ1) is 61.8. The van der Waals surface area contributed by atoms with Crippen molar-refractivity contribution in [2.45, 2.75) is 95.9 Å². The predicted octanol–water partition coefficient (Wildman–Crippen LogP) is -2.32. The number of aromatic nitrogens is 2. The number of pyridine rings is 2. The Balaban J connectivity index is 1.52. The summed E-state index contributed by atoms with van der Waals surface area (Å²) < 4.78 is -0.683. The minimum Gasteiger partial charge on any atom is -0.803 e. The lowest BCUT2D eigenvalue weighted by Gasteiger charge is -2.28. The van der Waals surface area contributed by atoms with Gasteiger partial charge in [-0.2, -0.15) is 0 Å². The highest BCUT2D eigenvalue weighted by Gasteiger charge is 2.33. The van der Waals surface area contributed by atoms with E-state index in [9.17, 15) is 88.0 Å². The second-order valence-corrected chi connectivity index (χ2v) is 17.9. The van der Waals surface area contributed by atoms with Crippen molar-refractivity contribution in [1.29, 1.82) is 0 Å². The molecular weight excluding hydrogens is 1040 g/mol. The highest BCUT2D eigenvalue weighted by molar-refractivity contribution is 6.02. The minimum atomic E-state index is -1.44. The average molecular weight is 1100 g/mol. The van der Waals surface area contributed by atoms with Crippen molar-refractivity contribution in [2.24, 2.45) is 0 Å². The molecule has 31 nitrogen and oxygen atoms in total. The summed E-state index contributed by atoms with van der Waals surface area (Å²) in [6.45, 7) is -1.01. The maximum Gasteiger partial charge on any atom is 0.333 e. The lowest BCUT2D eigenvalue weighted by Crippen LogP contribution is -2.46. The second kappa shape index (κ2) is 30.1. The number of nitrogens with zero attached hydrogens (tertiary/aromatic N) is 7. The molecule has 0 unspecified atom stereocenters. The summed E-state index contributed by atoms with van der Waals surface area (Å²) in [6, 6.07) is 2.54. The van der Waals surface area contributed by atoms with Crippen LogP contribution in [0.5, 0.6) is 0 Å². The van der Waals surface area contributed by atoms with Gasteiger partial charge in [0.1, 0.15) is 35.4 Å². The molecule has 2 aromatic heterocycles. The van der Waals surface area contributed by atoms with Crippen LogP contribution in [0.4, 0.5) is 0 Å². The molecule has 78 heavy (non-hydrogen) atoms. The number of fused-ring (bicyclic) bond motifs is 2. The van der Waals surface area contributed by atoms with E-state index in [4.69, 9.17) is 4.84 Å². The van der Waals surface area contributed by atoms with Crippen LogP contribution in [0.1, 0.15) is 132 Å². The van der Waals surface area contributed by atoms with Gasteiger partial charge in [-0.15, -0.1) is 5.06 Å². The van der Waals surface area contributed by atoms with Crippen LogP contribution >= 0.6 is 0 Å². The van der Waals surface area contributed by atoms with E-state index < -0.39 is 130 Å². The van der Waals surface area contributed by atoms with Gasteiger partial charge >= 0.3 is 5.97 Å². The van der Waals surface area contributed by atoms with Gasteiger partial charge in [-0.1, -0.05) is 0 Å². The van der Waals surface area contributed by atoms with Gasteiger partial charge in [0.05, 0.1) is 0 Å². The molecule has 0 radical (unpaired) electrons. The van der Waals surface area contributed by atoms with Crippen LogP contribution in [0.3, 0.4) is 0 Å². The summed E-state index contributed by atoms with van der Waals surface area (Å²) in [5.41, 5.74) is -5.74. The first-order chi connectivity index (χ1) is 37.0. The third kappa shape index (κ3) is 18.5. The summed E-state index contributed by atoms with van der Waals surface area (Å²) in [5.74, 6) is -10.6. The molecule has 6 heterocycles. The number of nitrogens with one attached hydrogen (secondary N) is 5. The Hall–Kier alpha value is -8.74. The van der Waals surface area contributed by atoms with Crippen LogP contribution in [0.2, 0.25) is 0 Å². The molecule has 4 bridgehead atoms. The van der Waals surface area contributed by atoms with Crippen LogP contribution in [-0.2, 0) is 43.2 Å². The molecule has 0 aliphatic carbocycles. The average Bonchev–Trinajstić information content (AvgIpc) is 3.72. The molecule has 4 aliphatic heterocycles. The minimum absolute atomic E-state index is 0.0189. The van der Waals surface area contributed by atoms with Crippen molar-refractivity contribution < 1.29 is 62.4 Å². The molecule has 31 heteroatoms. The third-order valence-electron chi connectivity index (χ3n) is 12.1. The number of hydroxylamine groups is 6. The highest BCUT2D eigenvalue weighted by Crippen LogP contribution is 2.14. The number of carbonyl (C=O) groups is 12. The predicted molar refractivity (Wildman–Crippen MR) is 268 cm³/mol. The molecule has 6 rings (SSSR count). The normalized spacial score (nSPS) is 16.6. The molecular formula is C47H60N12O19-4. The van der Waals surface area contributed by atoms with Crippen molar-refractivity contribution >= 4 is 70.9 Å². The fraction of sp³-hybridized carbons (Fsp3) is 0.532. The zero-order valence-corrected chi connectivity index (χ0v) is 42.8. The molecule has 0 saturated carbocycles. The third-order valence-corrected chi connectivity index (χ3v) is 12.1. The monoisotopic (exact) mass is 1100 g/mol. The Morgan fingerprint density at radius 2 is 1.09 bits per heavy atom. The van der Waals surface area contributed by atoms with Gasteiger partial charge in [-0.25, -0.2) is 4.79 Å². The number of unbranched alkanes of at least 4 members (excludes halogenated alkanes) is 1. The van der Waals surface area contributed by atoms with E-state index in [1.54, 1.807) is 0 Å². The van der Waals surface area contributed by atoms with Crippen molar-refractivity contribution in [3.05, 3.63) is 88.3 Å². The van der Waals surface area contributed by atoms with Crippen LogP contribution in [0.25, 0.3) is 0 Å². The molecule has 1 saturated heterocycles. The summed E-state index contributed by atoms with van der Waals surface area (Å²) in [6.07, 6.45) is -1.24. The maximum atomic E-state index is 13.5. The molecule has 2 aromatic rings. The molecule has 1 fully saturated rings. The molecule has 0 aromatic carbocycles. The Morgan fingerprint density at radius 3 is 1.58 bits per heavy atom. The van der Waals surface area contributed by atoms with Crippen LogP contribution < -0.4 is 37.7 Å². The largest absolute Gasteiger partial charge is 0.803 e. The van der Waals surface area contributed by atoms with Crippen LogP contribution in [0, 0.1) is 20.8 Å². The number of carbonyl (C=O) groups excluding carboxylic acids is 12. The van der Waals surface area contributed by atoms with Crippen molar-refractivity contribution in [3.63, 3.8) is 0 Å². The number of imide groups is 1. The molecule has 426 valence electrons. The van der Waals surface area contributed by atoms with Gasteiger partial charge in [-0.05, 0) is 89.7 Å². The Morgan fingerprint density at radius 1 is 0.615 bits per heavy atom. The summed E-state index contributed by atoms with van der Waals surface area (Å²) in [7, 11) is 1.82. The Bertz CT molecular complexity index is 2710. The van der Waals surface area contributed by atoms with Crippen molar-refractivity contribution in [3.8, 4) is 0 Å². The first-order valence-electron chi connectivity index (χ1n) is 24.8. The Kier molecular flexibility index (Phi) is 23.9. The van der Waals surface area contributed by atoms with Gasteiger partial charge in [0.2, 0.25) is 29.5 Å². The van der Waals surface area contributed by atoms with Crippen LogP contribution in [-0.4, -0.2) is 178 Å². The lowest BCUT2D eigenvalue weighted by molar-refractivity contribution is -0.197. The van der Waals surface area contributed by atoms with E-state index in [-0.39, 0.29) is 142 Å². The molecule has 4 aliphatic rings. The molecule has 5 N–H and O–H groups in total. The number of amides is 11. The lowest BCUT2D eigenvalue weighted by atomic mass is 10.1. The fourth-order valence-electron chi connectivity index (χ4n) is 7.71. The first-order valence-corrected chi connectivity index (χ1v) is 24.8. The molecule has 11 amide bonds. The second-order valence-electron chi connectivity index (χ2n) is 17.9. The summed E-state index contributed by atoms with van der Waals surface area (Å²) in [4.78, 5) is 185. The SMILES string of the molecule is CN([O-])C(=O)CC(=O)N1CCCCN(C(=O)CC(=O)N(C)[O-])CCCNC(=O)c2ccc(n([O-])c2=O)C(=O)N[C@@H](CCCCNC(=O)CCCC(=O)ON2C(=O)CCC2=O)CNC(=O)c2ccc(c(=O)n2[O-])C(=O)NCCC1. The quantitative estimate of drug-likeness (QED) is 0.0574. The maximum absolute atomic E-state index is 13.5. The van der Waals surface area contributed by atoms with E-state index in [1.165, 1.54) is 9.80 Å². The number of hydrogen-bond donors (Lipinski definition) is 5. The van der Waals surface area contributed by atoms with Crippen molar-refractivity contribution in [1.82, 2.24) is 61.0 Å².